The fraction of sp³-hybridized carbons (Fsp3) is 0.286. The number of hydrogen-bond donors (Lipinski definition) is 2. The van der Waals surface area contributed by atoms with Crippen LogP contribution in [0.15, 0.2) is 45.9 Å². The van der Waals surface area contributed by atoms with Crippen LogP contribution in [0.25, 0.3) is 0 Å². The van der Waals surface area contributed by atoms with E-state index in [1.807, 2.05) is 0 Å². The lowest BCUT2D eigenvalue weighted by molar-refractivity contribution is -0.137. The Hall–Kier alpha value is -3.61. The lowest BCUT2D eigenvalue weighted by Crippen LogP contribution is -2.18. The quantitative estimate of drug-likeness (QED) is 0.528. The van der Waals surface area contributed by atoms with E-state index in [0.29, 0.717) is 18.6 Å². The van der Waals surface area contributed by atoms with Crippen molar-refractivity contribution in [3.63, 3.8) is 0 Å². The summed E-state index contributed by atoms with van der Waals surface area (Å²) < 4.78 is 76.6. The van der Waals surface area contributed by atoms with E-state index in [1.54, 1.807) is 0 Å². The predicted molar refractivity (Wildman–Crippen MR) is 114 cm³/mol. The molecule has 0 radical (unpaired) electrons. The lowest BCUT2D eigenvalue weighted by atomic mass is 9.96. The third kappa shape index (κ3) is 4.83. The van der Waals surface area contributed by atoms with Gasteiger partial charge in [-0.25, -0.2) is 13.4 Å². The first-order valence-corrected chi connectivity index (χ1v) is 11.6. The zero-order chi connectivity index (χ0) is 24.5. The van der Waals surface area contributed by atoms with Crippen molar-refractivity contribution >= 4 is 27.3 Å². The summed E-state index contributed by atoms with van der Waals surface area (Å²) in [5.41, 5.74) is -0.126. The van der Waals surface area contributed by atoms with Gasteiger partial charge in [0, 0.05) is 17.7 Å². The highest BCUT2D eigenvalue weighted by Crippen LogP contribution is 2.31. The molecule has 1 amide bonds. The van der Waals surface area contributed by atoms with Gasteiger partial charge in [0.2, 0.25) is 5.88 Å². The molecule has 1 aliphatic carbocycles. The number of alkyl halides is 3. The number of aryl methyl sites for hydroxylation is 1. The van der Waals surface area contributed by atoms with E-state index in [-0.39, 0.29) is 22.9 Å². The van der Waals surface area contributed by atoms with E-state index in [1.165, 1.54) is 13.3 Å². The van der Waals surface area contributed by atoms with Gasteiger partial charge in [0.25, 0.3) is 15.9 Å². The van der Waals surface area contributed by atoms with E-state index in [2.05, 4.69) is 20.2 Å². The number of methoxy groups -OCH3 is 1. The molecular formula is C21H19F3N4O5S. The zero-order valence-electron chi connectivity index (χ0n) is 17.8. The van der Waals surface area contributed by atoms with Gasteiger partial charge in [0.15, 0.2) is 10.6 Å². The van der Waals surface area contributed by atoms with Crippen LogP contribution in [-0.4, -0.2) is 31.6 Å². The SMILES string of the molecule is COc1ncc(NC(=O)c2noc3c2CCCC3)cc1S(=O)(=O)Nc1ccc(C(F)(F)F)cc1. The first kappa shape index (κ1) is 23.5. The molecule has 0 spiro atoms. The topological polar surface area (TPSA) is 123 Å². The minimum Gasteiger partial charge on any atom is -0.480 e. The smallest absolute Gasteiger partial charge is 0.416 e. The highest BCUT2D eigenvalue weighted by atomic mass is 32.2. The van der Waals surface area contributed by atoms with Gasteiger partial charge in [-0.15, -0.1) is 0 Å². The largest absolute Gasteiger partial charge is 0.480 e. The van der Waals surface area contributed by atoms with Gasteiger partial charge in [-0.05, 0) is 49.6 Å². The Bertz CT molecular complexity index is 1320. The van der Waals surface area contributed by atoms with Gasteiger partial charge in [-0.3, -0.25) is 9.52 Å². The van der Waals surface area contributed by atoms with Crippen LogP contribution in [-0.2, 0) is 29.0 Å². The molecule has 3 aromatic rings. The molecule has 2 N–H and O–H groups in total. The summed E-state index contributed by atoms with van der Waals surface area (Å²) in [5.74, 6) is -0.192. The number of anilines is 2. The normalized spacial score (nSPS) is 13.8. The Morgan fingerprint density at radius 2 is 1.82 bits per heavy atom. The van der Waals surface area contributed by atoms with Crippen molar-refractivity contribution in [3.05, 3.63) is 59.1 Å². The second-order valence-electron chi connectivity index (χ2n) is 7.51. The summed E-state index contributed by atoms with van der Waals surface area (Å²) in [6.07, 6.45) is -0.160. The molecule has 1 aliphatic rings. The highest BCUT2D eigenvalue weighted by molar-refractivity contribution is 7.92. The summed E-state index contributed by atoms with van der Waals surface area (Å²) >= 11 is 0. The predicted octanol–water partition coefficient (Wildman–Crippen LogP) is 4.03. The molecule has 0 atom stereocenters. The monoisotopic (exact) mass is 496 g/mol. The number of rotatable bonds is 6. The van der Waals surface area contributed by atoms with Gasteiger partial charge in [-0.1, -0.05) is 5.16 Å². The van der Waals surface area contributed by atoms with Crippen LogP contribution in [0.4, 0.5) is 24.5 Å². The molecular weight excluding hydrogens is 477 g/mol. The van der Waals surface area contributed by atoms with Crippen molar-refractivity contribution in [3.8, 4) is 5.88 Å². The van der Waals surface area contributed by atoms with E-state index < -0.39 is 32.6 Å². The van der Waals surface area contributed by atoms with Crippen LogP contribution in [0.1, 0.15) is 40.2 Å². The molecule has 0 unspecified atom stereocenters. The Labute approximate surface area is 192 Å². The van der Waals surface area contributed by atoms with Gasteiger partial charge in [0.05, 0.1) is 24.6 Å². The minimum absolute atomic E-state index is 0.0474. The summed E-state index contributed by atoms with van der Waals surface area (Å²) in [4.78, 5) is 16.2. The van der Waals surface area contributed by atoms with Gasteiger partial charge in [-0.2, -0.15) is 13.2 Å². The van der Waals surface area contributed by atoms with Crippen LogP contribution in [0, 0.1) is 0 Å². The fourth-order valence-corrected chi connectivity index (χ4v) is 4.74. The molecule has 0 saturated carbocycles. The zero-order valence-corrected chi connectivity index (χ0v) is 18.6. The molecule has 0 fully saturated rings. The molecule has 2 heterocycles. The Kier molecular flexibility index (Phi) is 6.21. The van der Waals surface area contributed by atoms with Crippen molar-refractivity contribution in [1.82, 2.24) is 10.1 Å². The molecule has 9 nitrogen and oxygen atoms in total. The number of sulfonamides is 1. The number of nitrogens with zero attached hydrogens (tertiary/aromatic N) is 2. The summed E-state index contributed by atoms with van der Waals surface area (Å²) in [6, 6.07) is 4.60. The molecule has 0 bridgehead atoms. The number of amides is 1. The molecule has 180 valence electrons. The molecule has 0 aliphatic heterocycles. The first-order chi connectivity index (χ1) is 16.1. The number of carbonyl (C=O) groups excluding carboxylic acids is 1. The molecule has 2 aromatic heterocycles. The maximum atomic E-state index is 12.9. The number of nitrogens with one attached hydrogen (secondary N) is 2. The van der Waals surface area contributed by atoms with Crippen LogP contribution < -0.4 is 14.8 Å². The summed E-state index contributed by atoms with van der Waals surface area (Å²) in [5, 5.41) is 6.39. The van der Waals surface area contributed by atoms with Crippen molar-refractivity contribution in [2.24, 2.45) is 0 Å². The van der Waals surface area contributed by atoms with Crippen LogP contribution in [0.5, 0.6) is 5.88 Å². The number of ether oxygens (including phenoxy) is 1. The van der Waals surface area contributed by atoms with Gasteiger partial charge < -0.3 is 14.6 Å². The number of pyridine rings is 1. The van der Waals surface area contributed by atoms with Crippen molar-refractivity contribution < 1.29 is 35.6 Å². The first-order valence-electron chi connectivity index (χ1n) is 10.1. The maximum absolute atomic E-state index is 12.9. The van der Waals surface area contributed by atoms with E-state index in [9.17, 15) is 26.4 Å². The second-order valence-corrected chi connectivity index (χ2v) is 9.16. The molecule has 34 heavy (non-hydrogen) atoms. The van der Waals surface area contributed by atoms with E-state index in [4.69, 9.17) is 9.26 Å². The summed E-state index contributed by atoms with van der Waals surface area (Å²) in [7, 11) is -3.13. The van der Waals surface area contributed by atoms with Crippen LogP contribution >= 0.6 is 0 Å². The summed E-state index contributed by atoms with van der Waals surface area (Å²) in [6.45, 7) is 0. The lowest BCUT2D eigenvalue weighted by Gasteiger charge is -2.13. The number of benzene rings is 1. The van der Waals surface area contributed by atoms with Crippen LogP contribution in [0.2, 0.25) is 0 Å². The average molecular weight is 496 g/mol. The number of aromatic nitrogens is 2. The third-order valence-electron chi connectivity index (χ3n) is 5.19. The number of fused-ring (bicyclic) bond motifs is 1. The third-order valence-corrected chi connectivity index (χ3v) is 6.56. The Balaban J connectivity index is 1.58. The van der Waals surface area contributed by atoms with Gasteiger partial charge >= 0.3 is 6.18 Å². The van der Waals surface area contributed by atoms with Crippen molar-refractivity contribution in [2.75, 3.05) is 17.1 Å². The Morgan fingerprint density at radius 3 is 2.50 bits per heavy atom. The molecule has 0 saturated heterocycles. The fourth-order valence-electron chi connectivity index (χ4n) is 3.54. The van der Waals surface area contributed by atoms with Crippen molar-refractivity contribution in [1.29, 1.82) is 0 Å². The van der Waals surface area contributed by atoms with Crippen molar-refractivity contribution in [2.45, 2.75) is 36.8 Å². The molecule has 4 rings (SSSR count). The minimum atomic E-state index is -4.56. The average Bonchev–Trinajstić information content (AvgIpc) is 3.23. The van der Waals surface area contributed by atoms with E-state index in [0.717, 1.165) is 48.7 Å². The second kappa shape index (κ2) is 8.97. The number of hydrogen-bond acceptors (Lipinski definition) is 7. The van der Waals surface area contributed by atoms with Crippen LogP contribution in [0.3, 0.4) is 0 Å². The molecule has 1 aromatic carbocycles. The highest BCUT2D eigenvalue weighted by Gasteiger charge is 2.30. The number of halogens is 3. The molecule has 13 heteroatoms. The standard InChI is InChI=1S/C21H19F3N4O5S/c1-32-20-17(34(30,31)28-13-8-6-12(7-9-13)21(22,23)24)10-14(11-25-20)26-19(29)18-15-4-2-3-5-16(15)33-27-18/h6-11,28H,2-5H2,1H3,(H,26,29). The maximum Gasteiger partial charge on any atom is 0.416 e. The van der Waals surface area contributed by atoms with E-state index >= 15 is 0 Å². The number of carbonyl (C=O) groups is 1. The van der Waals surface area contributed by atoms with Gasteiger partial charge in [0.1, 0.15) is 5.76 Å². The Morgan fingerprint density at radius 1 is 1.12 bits per heavy atom.